The number of rotatable bonds is 2. The molecule has 0 atom stereocenters. The number of aromatic hydroxyl groups is 1. The maximum Gasteiger partial charge on any atom is 0.290 e. The number of aryl methyl sites for hydroxylation is 1. The van der Waals surface area contributed by atoms with Gasteiger partial charge in [0.2, 0.25) is 0 Å². The van der Waals surface area contributed by atoms with Gasteiger partial charge in [-0.1, -0.05) is 13.3 Å². The first kappa shape index (κ1) is 7.85. The van der Waals surface area contributed by atoms with Gasteiger partial charge in [0.25, 0.3) is 5.56 Å². The standard InChI is InChI=1S/C8H11NO2/c1-2-3-6-4-5-9-8(11)7(6)10/h4-5,10H,2-3H2,1H3,(H,9,11). The number of nitrogens with one attached hydrogen (secondary N) is 1. The molecule has 3 nitrogen and oxygen atoms in total. The second-order valence-electron chi connectivity index (χ2n) is 2.43. The molecule has 1 aromatic rings. The number of hydrogen-bond acceptors (Lipinski definition) is 2. The maximum absolute atomic E-state index is 10.8. The lowest BCUT2D eigenvalue weighted by atomic mass is 10.1. The Hall–Kier alpha value is -1.25. The molecule has 11 heavy (non-hydrogen) atoms. The first-order chi connectivity index (χ1) is 5.25. The van der Waals surface area contributed by atoms with Gasteiger partial charge in [0.05, 0.1) is 0 Å². The van der Waals surface area contributed by atoms with Crippen molar-refractivity contribution in [2.24, 2.45) is 0 Å². The Morgan fingerprint density at radius 1 is 1.64 bits per heavy atom. The molecule has 1 aromatic heterocycles. The van der Waals surface area contributed by atoms with Crippen LogP contribution in [0.3, 0.4) is 0 Å². The highest BCUT2D eigenvalue weighted by atomic mass is 16.3. The fourth-order valence-electron chi connectivity index (χ4n) is 0.982. The Morgan fingerprint density at radius 3 is 3.00 bits per heavy atom. The molecule has 2 N–H and O–H groups in total. The van der Waals surface area contributed by atoms with Crippen molar-refractivity contribution < 1.29 is 5.11 Å². The average Bonchev–Trinajstić information content (AvgIpc) is 1.99. The SMILES string of the molecule is CCCc1cc[nH]c(=O)c1O. The van der Waals surface area contributed by atoms with Crippen molar-refractivity contribution in [1.29, 1.82) is 0 Å². The molecule has 0 aliphatic heterocycles. The van der Waals surface area contributed by atoms with Crippen LogP contribution in [0.15, 0.2) is 17.1 Å². The summed E-state index contributed by atoms with van der Waals surface area (Å²) < 4.78 is 0. The Bertz CT molecular complexity index is 290. The molecule has 0 aliphatic carbocycles. The van der Waals surface area contributed by atoms with E-state index in [1.807, 2.05) is 6.92 Å². The van der Waals surface area contributed by atoms with Crippen LogP contribution in [0, 0.1) is 0 Å². The Kier molecular flexibility index (Phi) is 2.31. The summed E-state index contributed by atoms with van der Waals surface area (Å²) in [6, 6.07) is 1.72. The van der Waals surface area contributed by atoms with Crippen molar-refractivity contribution in [2.75, 3.05) is 0 Å². The van der Waals surface area contributed by atoms with Crippen LogP contribution in [0.1, 0.15) is 18.9 Å². The third-order valence-electron chi connectivity index (χ3n) is 1.54. The summed E-state index contributed by atoms with van der Waals surface area (Å²) >= 11 is 0. The number of H-pyrrole nitrogens is 1. The monoisotopic (exact) mass is 153 g/mol. The van der Waals surface area contributed by atoms with Crippen LogP contribution in [0.2, 0.25) is 0 Å². The molecule has 0 amide bonds. The van der Waals surface area contributed by atoms with Gasteiger partial charge in [-0.15, -0.1) is 0 Å². The summed E-state index contributed by atoms with van der Waals surface area (Å²) in [6.07, 6.45) is 3.22. The van der Waals surface area contributed by atoms with Gasteiger partial charge in [0.15, 0.2) is 5.75 Å². The number of hydrogen-bond donors (Lipinski definition) is 2. The minimum atomic E-state index is -0.407. The zero-order chi connectivity index (χ0) is 8.27. The van der Waals surface area contributed by atoms with E-state index >= 15 is 0 Å². The summed E-state index contributed by atoms with van der Waals surface area (Å²) in [5.41, 5.74) is 0.312. The van der Waals surface area contributed by atoms with Gasteiger partial charge >= 0.3 is 0 Å². The molecule has 0 bridgehead atoms. The maximum atomic E-state index is 10.8. The van der Waals surface area contributed by atoms with Crippen LogP contribution >= 0.6 is 0 Å². The molecule has 0 saturated heterocycles. The van der Waals surface area contributed by atoms with Crippen LogP contribution in [0.5, 0.6) is 5.75 Å². The Labute approximate surface area is 64.7 Å². The van der Waals surface area contributed by atoms with E-state index in [4.69, 9.17) is 0 Å². The van der Waals surface area contributed by atoms with Crippen molar-refractivity contribution in [1.82, 2.24) is 4.98 Å². The van der Waals surface area contributed by atoms with Gasteiger partial charge in [-0.05, 0) is 12.5 Å². The van der Waals surface area contributed by atoms with E-state index in [1.165, 1.54) is 0 Å². The van der Waals surface area contributed by atoms with Gasteiger partial charge < -0.3 is 10.1 Å². The number of aromatic amines is 1. The highest BCUT2D eigenvalue weighted by Gasteiger charge is 2.01. The Morgan fingerprint density at radius 2 is 2.36 bits per heavy atom. The second kappa shape index (κ2) is 3.23. The van der Waals surface area contributed by atoms with Gasteiger partial charge in [0, 0.05) is 11.8 Å². The summed E-state index contributed by atoms with van der Waals surface area (Å²) in [7, 11) is 0. The molecule has 0 aromatic carbocycles. The summed E-state index contributed by atoms with van der Waals surface area (Å²) in [6.45, 7) is 2.00. The molecule has 0 spiro atoms. The molecule has 0 fully saturated rings. The zero-order valence-corrected chi connectivity index (χ0v) is 6.42. The molecule has 0 unspecified atom stereocenters. The number of aromatic nitrogens is 1. The van der Waals surface area contributed by atoms with E-state index in [0.717, 1.165) is 18.4 Å². The second-order valence-corrected chi connectivity index (χ2v) is 2.43. The van der Waals surface area contributed by atoms with E-state index in [2.05, 4.69) is 4.98 Å². The van der Waals surface area contributed by atoms with Crippen LogP contribution in [0.25, 0.3) is 0 Å². The highest BCUT2D eigenvalue weighted by Crippen LogP contribution is 2.10. The molecule has 1 rings (SSSR count). The third kappa shape index (κ3) is 1.61. The van der Waals surface area contributed by atoms with Crippen molar-refractivity contribution in [3.63, 3.8) is 0 Å². The molecular formula is C8H11NO2. The van der Waals surface area contributed by atoms with Crippen LogP contribution < -0.4 is 5.56 Å². The fraction of sp³-hybridized carbons (Fsp3) is 0.375. The van der Waals surface area contributed by atoms with Crippen LogP contribution in [0.4, 0.5) is 0 Å². The molecular weight excluding hydrogens is 142 g/mol. The first-order valence-electron chi connectivity index (χ1n) is 3.65. The lowest BCUT2D eigenvalue weighted by molar-refractivity contribution is 0.458. The van der Waals surface area contributed by atoms with E-state index < -0.39 is 5.56 Å². The van der Waals surface area contributed by atoms with Gasteiger partial charge in [-0.2, -0.15) is 0 Å². The van der Waals surface area contributed by atoms with E-state index in [9.17, 15) is 9.90 Å². The molecule has 1 heterocycles. The van der Waals surface area contributed by atoms with Gasteiger partial charge in [-0.25, -0.2) is 0 Å². The van der Waals surface area contributed by atoms with Crippen molar-refractivity contribution in [2.45, 2.75) is 19.8 Å². The lowest BCUT2D eigenvalue weighted by Crippen LogP contribution is -2.05. The van der Waals surface area contributed by atoms with E-state index in [-0.39, 0.29) is 5.75 Å². The number of pyridine rings is 1. The van der Waals surface area contributed by atoms with Crippen molar-refractivity contribution in [3.8, 4) is 5.75 Å². The minimum absolute atomic E-state index is 0.144. The summed E-state index contributed by atoms with van der Waals surface area (Å²) in [4.78, 5) is 13.2. The van der Waals surface area contributed by atoms with Gasteiger partial charge in [-0.3, -0.25) is 4.79 Å². The minimum Gasteiger partial charge on any atom is -0.503 e. The van der Waals surface area contributed by atoms with E-state index in [0.29, 0.717) is 0 Å². The van der Waals surface area contributed by atoms with Crippen LogP contribution in [-0.2, 0) is 6.42 Å². The highest BCUT2D eigenvalue weighted by molar-refractivity contribution is 5.28. The fourth-order valence-corrected chi connectivity index (χ4v) is 0.982. The van der Waals surface area contributed by atoms with Crippen molar-refractivity contribution >= 4 is 0 Å². The summed E-state index contributed by atoms with van der Waals surface area (Å²) in [5, 5.41) is 9.18. The lowest BCUT2D eigenvalue weighted by Gasteiger charge is -1.98. The summed E-state index contributed by atoms with van der Waals surface area (Å²) in [5.74, 6) is -0.144. The predicted octanol–water partition coefficient (Wildman–Crippen LogP) is 1.03. The normalized spacial score (nSPS) is 9.91. The third-order valence-corrected chi connectivity index (χ3v) is 1.54. The average molecular weight is 153 g/mol. The smallest absolute Gasteiger partial charge is 0.290 e. The van der Waals surface area contributed by atoms with Gasteiger partial charge in [0.1, 0.15) is 0 Å². The molecule has 60 valence electrons. The molecule has 3 heteroatoms. The quantitative estimate of drug-likeness (QED) is 0.666. The first-order valence-corrected chi connectivity index (χ1v) is 3.65. The van der Waals surface area contributed by atoms with Crippen molar-refractivity contribution in [3.05, 3.63) is 28.2 Å². The largest absolute Gasteiger partial charge is 0.503 e. The Balaban J connectivity index is 3.06. The predicted molar refractivity (Wildman–Crippen MR) is 42.7 cm³/mol. The molecule has 0 aliphatic rings. The molecule has 0 saturated carbocycles. The zero-order valence-electron chi connectivity index (χ0n) is 6.42. The van der Waals surface area contributed by atoms with E-state index in [1.54, 1.807) is 12.3 Å². The van der Waals surface area contributed by atoms with Crippen LogP contribution in [-0.4, -0.2) is 10.1 Å². The topological polar surface area (TPSA) is 53.1 Å². The molecule has 0 radical (unpaired) electrons.